The minimum absolute atomic E-state index is 0.0169. The normalized spacial score (nSPS) is 10.2. The molecule has 1 aromatic carbocycles. The highest BCUT2D eigenvalue weighted by Gasteiger charge is 2.14. The Balaban J connectivity index is 2.14. The van der Waals surface area contributed by atoms with E-state index in [4.69, 9.17) is 5.73 Å². The Morgan fingerprint density at radius 1 is 1.11 bits per heavy atom. The lowest BCUT2D eigenvalue weighted by Gasteiger charge is -2.22. The van der Waals surface area contributed by atoms with Crippen LogP contribution in [0, 0.1) is 0 Å². The van der Waals surface area contributed by atoms with Crippen molar-refractivity contribution < 1.29 is 4.79 Å². The van der Waals surface area contributed by atoms with Gasteiger partial charge in [0.2, 0.25) is 0 Å². The number of carbonyl (C=O) groups excluding carboxylic acids is 1. The number of benzene rings is 1. The summed E-state index contributed by atoms with van der Waals surface area (Å²) in [5.41, 5.74) is 7.33. The standard InChI is InChI=1S/C15H17N3O/c16-8-11-18(12-13-4-2-1-3-5-13)15(19)14-6-9-17-10-7-14/h1-7,9-10H,8,11-12,16H2. The Bertz CT molecular complexity index is 513. The summed E-state index contributed by atoms with van der Waals surface area (Å²) in [6, 6.07) is 13.3. The first kappa shape index (κ1) is 13.2. The molecule has 2 aromatic rings. The van der Waals surface area contributed by atoms with Crippen molar-refractivity contribution in [2.45, 2.75) is 6.54 Å². The van der Waals surface area contributed by atoms with Crippen LogP contribution in [0.4, 0.5) is 0 Å². The molecule has 0 saturated heterocycles. The van der Waals surface area contributed by atoms with E-state index in [2.05, 4.69) is 4.98 Å². The molecule has 0 saturated carbocycles. The van der Waals surface area contributed by atoms with Gasteiger partial charge in [0.05, 0.1) is 0 Å². The zero-order valence-electron chi connectivity index (χ0n) is 10.7. The van der Waals surface area contributed by atoms with Gasteiger partial charge in [-0.05, 0) is 17.7 Å². The SMILES string of the molecule is NCCN(Cc1ccccc1)C(=O)c1ccncc1. The maximum atomic E-state index is 12.4. The van der Waals surface area contributed by atoms with Gasteiger partial charge >= 0.3 is 0 Å². The van der Waals surface area contributed by atoms with E-state index in [-0.39, 0.29) is 5.91 Å². The Morgan fingerprint density at radius 2 is 1.79 bits per heavy atom. The topological polar surface area (TPSA) is 59.2 Å². The highest BCUT2D eigenvalue weighted by Crippen LogP contribution is 2.09. The van der Waals surface area contributed by atoms with E-state index in [1.807, 2.05) is 30.3 Å². The van der Waals surface area contributed by atoms with Gasteiger partial charge in [0.25, 0.3) is 5.91 Å². The van der Waals surface area contributed by atoms with E-state index in [9.17, 15) is 4.79 Å². The van der Waals surface area contributed by atoms with Crippen molar-refractivity contribution in [2.24, 2.45) is 5.73 Å². The molecule has 0 aliphatic rings. The molecule has 0 spiro atoms. The highest BCUT2D eigenvalue weighted by molar-refractivity contribution is 5.94. The first-order chi connectivity index (χ1) is 9.31. The van der Waals surface area contributed by atoms with Gasteiger partial charge < -0.3 is 10.6 Å². The Morgan fingerprint density at radius 3 is 2.42 bits per heavy atom. The zero-order valence-corrected chi connectivity index (χ0v) is 10.7. The van der Waals surface area contributed by atoms with Crippen molar-refractivity contribution in [3.63, 3.8) is 0 Å². The number of pyridine rings is 1. The summed E-state index contributed by atoms with van der Waals surface area (Å²) in [6.07, 6.45) is 3.24. The van der Waals surface area contributed by atoms with Crippen molar-refractivity contribution in [1.82, 2.24) is 9.88 Å². The average Bonchev–Trinajstić information content (AvgIpc) is 2.48. The van der Waals surface area contributed by atoms with E-state index in [0.29, 0.717) is 25.2 Å². The van der Waals surface area contributed by atoms with Crippen LogP contribution >= 0.6 is 0 Å². The first-order valence-corrected chi connectivity index (χ1v) is 6.24. The summed E-state index contributed by atoms with van der Waals surface area (Å²) in [6.45, 7) is 1.55. The molecule has 1 amide bonds. The van der Waals surface area contributed by atoms with Gasteiger partial charge in [-0.25, -0.2) is 0 Å². The minimum atomic E-state index is -0.0169. The summed E-state index contributed by atoms with van der Waals surface area (Å²) in [5, 5.41) is 0. The second-order valence-corrected chi connectivity index (χ2v) is 4.24. The van der Waals surface area contributed by atoms with Gasteiger partial charge in [-0.15, -0.1) is 0 Å². The number of nitrogens with two attached hydrogens (primary N) is 1. The minimum Gasteiger partial charge on any atom is -0.333 e. The third kappa shape index (κ3) is 3.63. The van der Waals surface area contributed by atoms with Crippen LogP contribution < -0.4 is 5.73 Å². The smallest absolute Gasteiger partial charge is 0.254 e. The van der Waals surface area contributed by atoms with Crippen LogP contribution in [0.1, 0.15) is 15.9 Å². The molecule has 0 bridgehead atoms. The number of carbonyl (C=O) groups is 1. The molecule has 4 nitrogen and oxygen atoms in total. The fraction of sp³-hybridized carbons (Fsp3) is 0.200. The molecule has 0 aliphatic heterocycles. The Labute approximate surface area is 112 Å². The van der Waals surface area contributed by atoms with Crippen LogP contribution in [0.5, 0.6) is 0 Å². The van der Waals surface area contributed by atoms with Crippen molar-refractivity contribution in [2.75, 3.05) is 13.1 Å². The van der Waals surface area contributed by atoms with Crippen LogP contribution in [-0.4, -0.2) is 28.9 Å². The van der Waals surface area contributed by atoms with E-state index < -0.39 is 0 Å². The van der Waals surface area contributed by atoms with Gasteiger partial charge in [-0.2, -0.15) is 0 Å². The van der Waals surface area contributed by atoms with E-state index >= 15 is 0 Å². The monoisotopic (exact) mass is 255 g/mol. The lowest BCUT2D eigenvalue weighted by molar-refractivity contribution is 0.0748. The average molecular weight is 255 g/mol. The molecule has 0 unspecified atom stereocenters. The number of nitrogens with zero attached hydrogens (tertiary/aromatic N) is 2. The van der Waals surface area contributed by atoms with Gasteiger partial charge in [-0.1, -0.05) is 30.3 Å². The molecule has 4 heteroatoms. The van der Waals surface area contributed by atoms with Crippen molar-refractivity contribution in [1.29, 1.82) is 0 Å². The van der Waals surface area contributed by atoms with Gasteiger partial charge in [0.15, 0.2) is 0 Å². The molecule has 19 heavy (non-hydrogen) atoms. The number of hydrogen-bond acceptors (Lipinski definition) is 3. The summed E-state index contributed by atoms with van der Waals surface area (Å²) in [5.74, 6) is -0.0169. The van der Waals surface area contributed by atoms with E-state index in [0.717, 1.165) is 5.56 Å². The number of amides is 1. The van der Waals surface area contributed by atoms with Crippen LogP contribution in [0.2, 0.25) is 0 Å². The van der Waals surface area contributed by atoms with Crippen molar-refractivity contribution in [3.8, 4) is 0 Å². The molecule has 0 atom stereocenters. The van der Waals surface area contributed by atoms with E-state index in [1.54, 1.807) is 29.4 Å². The molecular formula is C15H17N3O. The maximum Gasteiger partial charge on any atom is 0.254 e. The van der Waals surface area contributed by atoms with Crippen LogP contribution in [0.15, 0.2) is 54.9 Å². The fourth-order valence-corrected chi connectivity index (χ4v) is 1.89. The van der Waals surface area contributed by atoms with Crippen LogP contribution in [0.3, 0.4) is 0 Å². The van der Waals surface area contributed by atoms with Crippen LogP contribution in [0.25, 0.3) is 0 Å². The molecule has 98 valence electrons. The molecule has 1 aromatic heterocycles. The second kappa shape index (κ2) is 6.66. The third-order valence-corrected chi connectivity index (χ3v) is 2.83. The van der Waals surface area contributed by atoms with Gasteiger partial charge in [-0.3, -0.25) is 9.78 Å². The van der Waals surface area contributed by atoms with E-state index in [1.165, 1.54) is 0 Å². The summed E-state index contributed by atoms with van der Waals surface area (Å²) < 4.78 is 0. The summed E-state index contributed by atoms with van der Waals surface area (Å²) in [7, 11) is 0. The number of rotatable bonds is 5. The molecular weight excluding hydrogens is 238 g/mol. The van der Waals surface area contributed by atoms with Crippen molar-refractivity contribution in [3.05, 3.63) is 66.0 Å². The second-order valence-electron chi connectivity index (χ2n) is 4.24. The molecule has 0 aliphatic carbocycles. The maximum absolute atomic E-state index is 12.4. The molecule has 1 heterocycles. The fourth-order valence-electron chi connectivity index (χ4n) is 1.89. The summed E-state index contributed by atoms with van der Waals surface area (Å²) >= 11 is 0. The molecule has 2 N–H and O–H groups in total. The molecule has 0 fully saturated rings. The Kier molecular flexibility index (Phi) is 4.64. The first-order valence-electron chi connectivity index (χ1n) is 6.24. The van der Waals surface area contributed by atoms with Gasteiger partial charge in [0.1, 0.15) is 0 Å². The lowest BCUT2D eigenvalue weighted by Crippen LogP contribution is -2.34. The number of aromatic nitrogens is 1. The van der Waals surface area contributed by atoms with Crippen molar-refractivity contribution >= 4 is 5.91 Å². The number of hydrogen-bond donors (Lipinski definition) is 1. The summed E-state index contributed by atoms with van der Waals surface area (Å²) in [4.78, 5) is 18.1. The zero-order chi connectivity index (χ0) is 13.5. The largest absolute Gasteiger partial charge is 0.333 e. The predicted octanol–water partition coefficient (Wildman–Crippen LogP) is 1.68. The lowest BCUT2D eigenvalue weighted by atomic mass is 10.2. The predicted molar refractivity (Wildman–Crippen MR) is 74.5 cm³/mol. The Hall–Kier alpha value is -2.20. The molecule has 2 rings (SSSR count). The van der Waals surface area contributed by atoms with Gasteiger partial charge in [0, 0.05) is 37.6 Å². The highest BCUT2D eigenvalue weighted by atomic mass is 16.2. The van der Waals surface area contributed by atoms with Crippen LogP contribution in [-0.2, 0) is 6.54 Å². The third-order valence-electron chi connectivity index (χ3n) is 2.83. The quantitative estimate of drug-likeness (QED) is 0.884. The molecule has 0 radical (unpaired) electrons.